The Balaban J connectivity index is 1.32. The molecule has 7 nitrogen and oxygen atoms in total. The van der Waals surface area contributed by atoms with Gasteiger partial charge in [0.2, 0.25) is 0 Å². The van der Waals surface area contributed by atoms with Crippen molar-refractivity contribution in [1.29, 1.82) is 0 Å². The molecule has 3 aromatic heterocycles. The molecule has 1 aliphatic rings. The summed E-state index contributed by atoms with van der Waals surface area (Å²) in [6.45, 7) is 8.23. The summed E-state index contributed by atoms with van der Waals surface area (Å²) in [5.74, 6) is 0.332. The van der Waals surface area contributed by atoms with Crippen molar-refractivity contribution in [2.45, 2.75) is 52.1 Å². The van der Waals surface area contributed by atoms with E-state index in [2.05, 4.69) is 6.92 Å². The van der Waals surface area contributed by atoms with E-state index in [4.69, 9.17) is 9.72 Å². The third-order valence-electron chi connectivity index (χ3n) is 8.01. The van der Waals surface area contributed by atoms with Crippen LogP contribution in [0, 0.1) is 19.8 Å². The van der Waals surface area contributed by atoms with E-state index in [1.165, 1.54) is 16.6 Å². The molecular formula is C34H33N3O4S2. The van der Waals surface area contributed by atoms with E-state index in [-0.39, 0.29) is 23.1 Å². The van der Waals surface area contributed by atoms with E-state index in [0.29, 0.717) is 28.8 Å². The number of Topliss-reactive ketones (excluding diaryl/α,β-unsaturated/α-hetero) is 1. The van der Waals surface area contributed by atoms with Crippen LogP contribution in [0.4, 0.5) is 0 Å². The molecule has 3 heterocycles. The second-order valence-corrected chi connectivity index (χ2v) is 13.0. The summed E-state index contributed by atoms with van der Waals surface area (Å²) < 4.78 is 8.77. The van der Waals surface area contributed by atoms with Gasteiger partial charge in [-0.2, -0.15) is 0 Å². The zero-order valence-electron chi connectivity index (χ0n) is 24.7. The van der Waals surface area contributed by atoms with Crippen molar-refractivity contribution in [3.8, 4) is 11.4 Å². The third kappa shape index (κ3) is 5.47. The van der Waals surface area contributed by atoms with Gasteiger partial charge in [0.25, 0.3) is 5.56 Å². The lowest BCUT2D eigenvalue weighted by atomic mass is 9.89. The molecule has 0 aliphatic heterocycles. The van der Waals surface area contributed by atoms with Gasteiger partial charge in [0.15, 0.2) is 10.9 Å². The summed E-state index contributed by atoms with van der Waals surface area (Å²) in [5.41, 5.74) is 5.51. The number of aromatic nitrogens is 3. The van der Waals surface area contributed by atoms with Crippen molar-refractivity contribution in [3.63, 3.8) is 0 Å². The summed E-state index contributed by atoms with van der Waals surface area (Å²) in [5, 5.41) is 1.25. The number of carbonyl (C=O) groups excluding carboxylic acids is 2. The molecule has 0 saturated heterocycles. The number of ether oxygens (including phenoxy) is 1. The van der Waals surface area contributed by atoms with Crippen LogP contribution in [-0.4, -0.2) is 38.2 Å². The number of para-hydroxylation sites is 1. The molecule has 0 bridgehead atoms. The van der Waals surface area contributed by atoms with Crippen molar-refractivity contribution in [3.05, 3.63) is 104 Å². The minimum atomic E-state index is -0.360. The number of benzene rings is 2. The van der Waals surface area contributed by atoms with Crippen molar-refractivity contribution in [2.75, 3.05) is 12.4 Å². The molecule has 0 saturated carbocycles. The smallest absolute Gasteiger partial charge is 0.338 e. The molecule has 2 aromatic carbocycles. The van der Waals surface area contributed by atoms with Gasteiger partial charge in [0, 0.05) is 27.5 Å². The Bertz CT molecular complexity index is 1900. The maximum Gasteiger partial charge on any atom is 0.338 e. The maximum atomic E-state index is 14.0. The van der Waals surface area contributed by atoms with Crippen molar-refractivity contribution < 1.29 is 14.3 Å². The van der Waals surface area contributed by atoms with Gasteiger partial charge in [-0.05, 0) is 94.0 Å². The second kappa shape index (κ2) is 12.0. The van der Waals surface area contributed by atoms with Gasteiger partial charge in [-0.25, -0.2) is 9.78 Å². The maximum absolute atomic E-state index is 14.0. The number of hydrogen-bond donors (Lipinski definition) is 0. The molecule has 43 heavy (non-hydrogen) atoms. The number of thiophene rings is 1. The average molecular weight is 612 g/mol. The fourth-order valence-corrected chi connectivity index (χ4v) is 8.20. The zero-order chi connectivity index (χ0) is 30.2. The highest BCUT2D eigenvalue weighted by atomic mass is 32.2. The molecule has 1 aliphatic carbocycles. The lowest BCUT2D eigenvalue weighted by Crippen LogP contribution is -2.23. The topological polar surface area (TPSA) is 83.2 Å². The number of fused-ring (bicyclic) bond motifs is 3. The van der Waals surface area contributed by atoms with Crippen molar-refractivity contribution in [2.24, 2.45) is 5.92 Å². The molecule has 0 fully saturated rings. The first-order chi connectivity index (χ1) is 20.8. The molecule has 0 amide bonds. The molecule has 5 aromatic rings. The Morgan fingerprint density at radius 2 is 1.77 bits per heavy atom. The largest absolute Gasteiger partial charge is 0.462 e. The Kier molecular flexibility index (Phi) is 8.11. The van der Waals surface area contributed by atoms with Gasteiger partial charge in [0.1, 0.15) is 4.83 Å². The zero-order valence-corrected chi connectivity index (χ0v) is 26.3. The van der Waals surface area contributed by atoms with Crippen LogP contribution >= 0.6 is 23.1 Å². The van der Waals surface area contributed by atoms with Crippen LogP contribution in [0.25, 0.3) is 21.6 Å². The number of ketones is 1. The summed E-state index contributed by atoms with van der Waals surface area (Å²) in [6.07, 6.45) is 2.94. The average Bonchev–Trinajstić information content (AvgIpc) is 3.52. The summed E-state index contributed by atoms with van der Waals surface area (Å²) >= 11 is 2.92. The number of rotatable bonds is 8. The van der Waals surface area contributed by atoms with Crippen LogP contribution in [0.3, 0.4) is 0 Å². The van der Waals surface area contributed by atoms with Gasteiger partial charge in [-0.3, -0.25) is 14.2 Å². The standard InChI is InChI=1S/C34H33N3O4S2/c1-5-41-33(40)23-12-14-25(15-13-23)36-21(3)18-27(22(36)4)28(38)19-42-34-35-31-30(26-16-11-20(2)17-29(26)43-31)32(39)37(34)24-9-7-6-8-10-24/h6-10,12-15,18,20H,5,11,16-17,19H2,1-4H3. The Morgan fingerprint density at radius 1 is 1.05 bits per heavy atom. The molecule has 9 heteroatoms. The lowest BCUT2D eigenvalue weighted by Gasteiger charge is -2.17. The van der Waals surface area contributed by atoms with E-state index in [1.54, 1.807) is 35.0 Å². The minimum absolute atomic E-state index is 0.0410. The molecule has 220 valence electrons. The number of thioether (sulfide) groups is 1. The summed E-state index contributed by atoms with van der Waals surface area (Å²) in [7, 11) is 0. The van der Waals surface area contributed by atoms with E-state index < -0.39 is 0 Å². The van der Waals surface area contributed by atoms with Crippen LogP contribution in [0.5, 0.6) is 0 Å². The summed E-state index contributed by atoms with van der Waals surface area (Å²) in [6, 6.07) is 18.6. The molecular weight excluding hydrogens is 579 g/mol. The van der Waals surface area contributed by atoms with Crippen LogP contribution in [-0.2, 0) is 17.6 Å². The second-order valence-electron chi connectivity index (χ2n) is 11.0. The highest BCUT2D eigenvalue weighted by Gasteiger charge is 2.26. The fraction of sp³-hybridized carbons (Fsp3) is 0.294. The first-order valence-electron chi connectivity index (χ1n) is 14.5. The molecule has 0 radical (unpaired) electrons. The summed E-state index contributed by atoms with van der Waals surface area (Å²) in [4.78, 5) is 46.8. The SMILES string of the molecule is CCOC(=O)c1ccc(-n2c(C)cc(C(=O)CSc3nc4sc5c(c4c(=O)n3-c3ccccc3)CCC(C)C5)c2C)cc1. The van der Waals surface area contributed by atoms with Crippen molar-refractivity contribution >= 4 is 45.1 Å². The van der Waals surface area contributed by atoms with E-state index in [0.717, 1.165) is 57.8 Å². The first kappa shape index (κ1) is 29.1. The predicted molar refractivity (Wildman–Crippen MR) is 173 cm³/mol. The highest BCUT2D eigenvalue weighted by Crippen LogP contribution is 2.37. The predicted octanol–water partition coefficient (Wildman–Crippen LogP) is 7.13. The number of aryl methyl sites for hydroxylation is 2. The number of nitrogens with zero attached hydrogens (tertiary/aromatic N) is 3. The number of hydrogen-bond acceptors (Lipinski definition) is 7. The first-order valence-corrected chi connectivity index (χ1v) is 16.3. The third-order valence-corrected chi connectivity index (χ3v) is 10.1. The van der Waals surface area contributed by atoms with Gasteiger partial charge < -0.3 is 9.30 Å². The van der Waals surface area contributed by atoms with Crippen LogP contribution in [0.15, 0.2) is 70.6 Å². The molecule has 0 N–H and O–H groups in total. The van der Waals surface area contributed by atoms with E-state index >= 15 is 0 Å². The van der Waals surface area contributed by atoms with E-state index in [1.807, 2.05) is 66.9 Å². The Morgan fingerprint density at radius 3 is 2.49 bits per heavy atom. The Labute approximate surface area is 258 Å². The lowest BCUT2D eigenvalue weighted by molar-refractivity contribution is 0.0526. The number of carbonyl (C=O) groups is 2. The molecule has 6 rings (SSSR count). The molecule has 1 atom stereocenters. The molecule has 1 unspecified atom stereocenters. The van der Waals surface area contributed by atoms with Gasteiger partial charge >= 0.3 is 5.97 Å². The number of esters is 1. The van der Waals surface area contributed by atoms with Crippen LogP contribution < -0.4 is 5.56 Å². The van der Waals surface area contributed by atoms with Crippen LogP contribution in [0.1, 0.15) is 62.8 Å². The highest BCUT2D eigenvalue weighted by molar-refractivity contribution is 7.99. The van der Waals surface area contributed by atoms with Gasteiger partial charge in [-0.15, -0.1) is 11.3 Å². The fourth-order valence-electron chi connectivity index (χ4n) is 5.88. The Hall–Kier alpha value is -3.95. The van der Waals surface area contributed by atoms with Gasteiger partial charge in [-0.1, -0.05) is 36.9 Å². The monoisotopic (exact) mass is 611 g/mol. The van der Waals surface area contributed by atoms with Gasteiger partial charge in [0.05, 0.1) is 29.0 Å². The minimum Gasteiger partial charge on any atom is -0.462 e. The molecule has 0 spiro atoms. The van der Waals surface area contributed by atoms with Crippen molar-refractivity contribution in [1.82, 2.24) is 14.1 Å². The van der Waals surface area contributed by atoms with E-state index in [9.17, 15) is 14.4 Å². The normalized spacial score (nSPS) is 14.6. The van der Waals surface area contributed by atoms with Crippen LogP contribution in [0.2, 0.25) is 0 Å². The quantitative estimate of drug-likeness (QED) is 0.0804.